The standard InChI is InChI=1S/C16H14N2O2/c1-10-2-3-11(8-17)6-14(10)18-15-9-20-16-7-12(19)4-5-13(15)16/h2-7,15,18-19H,9H2,1H3. The van der Waals surface area contributed by atoms with E-state index in [9.17, 15) is 5.11 Å². The average Bonchev–Trinajstić information content (AvgIpc) is 2.83. The first kappa shape index (κ1) is 12.4. The molecule has 0 spiro atoms. The van der Waals surface area contributed by atoms with E-state index in [1.165, 1.54) is 0 Å². The number of nitriles is 1. The summed E-state index contributed by atoms with van der Waals surface area (Å²) in [5, 5.41) is 21.8. The first-order valence-electron chi connectivity index (χ1n) is 6.40. The molecule has 100 valence electrons. The van der Waals surface area contributed by atoms with E-state index in [4.69, 9.17) is 10.00 Å². The lowest BCUT2D eigenvalue weighted by Gasteiger charge is -2.15. The number of rotatable bonds is 2. The number of hydrogen-bond donors (Lipinski definition) is 2. The average molecular weight is 266 g/mol. The molecule has 0 bridgehead atoms. The van der Waals surface area contributed by atoms with Crippen LogP contribution in [0, 0.1) is 18.3 Å². The normalized spacial score (nSPS) is 16.1. The monoisotopic (exact) mass is 266 g/mol. The predicted octanol–water partition coefficient (Wildman–Crippen LogP) is 3.12. The summed E-state index contributed by atoms with van der Waals surface area (Å²) in [4.78, 5) is 0. The van der Waals surface area contributed by atoms with Gasteiger partial charge >= 0.3 is 0 Å². The minimum Gasteiger partial charge on any atom is -0.508 e. The van der Waals surface area contributed by atoms with E-state index < -0.39 is 0 Å². The van der Waals surface area contributed by atoms with Crippen LogP contribution < -0.4 is 10.1 Å². The van der Waals surface area contributed by atoms with Crippen molar-refractivity contribution in [2.24, 2.45) is 0 Å². The minimum absolute atomic E-state index is 0.0262. The molecule has 0 saturated heterocycles. The molecule has 1 aliphatic heterocycles. The van der Waals surface area contributed by atoms with Crippen LogP contribution in [0.1, 0.15) is 22.7 Å². The molecule has 1 aliphatic rings. The highest BCUT2D eigenvalue weighted by Gasteiger charge is 2.24. The van der Waals surface area contributed by atoms with Gasteiger partial charge in [0.05, 0.1) is 17.7 Å². The van der Waals surface area contributed by atoms with Crippen LogP contribution in [0.3, 0.4) is 0 Å². The molecule has 4 heteroatoms. The quantitative estimate of drug-likeness (QED) is 0.876. The third-order valence-electron chi connectivity index (χ3n) is 3.47. The van der Waals surface area contributed by atoms with Crippen LogP contribution in [0.4, 0.5) is 5.69 Å². The van der Waals surface area contributed by atoms with Gasteiger partial charge < -0.3 is 15.2 Å². The second kappa shape index (κ2) is 4.78. The van der Waals surface area contributed by atoms with Crippen LogP contribution >= 0.6 is 0 Å². The van der Waals surface area contributed by atoms with Crippen molar-refractivity contribution in [2.75, 3.05) is 11.9 Å². The van der Waals surface area contributed by atoms with Gasteiger partial charge in [-0.1, -0.05) is 6.07 Å². The Kier molecular flexibility index (Phi) is 2.96. The third kappa shape index (κ3) is 2.14. The molecule has 1 heterocycles. The van der Waals surface area contributed by atoms with Gasteiger partial charge in [0.1, 0.15) is 18.1 Å². The number of phenols is 1. The summed E-state index contributed by atoms with van der Waals surface area (Å²) in [6.07, 6.45) is 0. The Morgan fingerprint density at radius 1 is 1.30 bits per heavy atom. The Balaban J connectivity index is 1.89. The molecular formula is C16H14N2O2. The van der Waals surface area contributed by atoms with E-state index >= 15 is 0 Å². The van der Waals surface area contributed by atoms with Gasteiger partial charge in [-0.3, -0.25) is 0 Å². The number of fused-ring (bicyclic) bond motifs is 1. The molecule has 1 unspecified atom stereocenters. The first-order chi connectivity index (χ1) is 9.67. The van der Waals surface area contributed by atoms with Crippen molar-refractivity contribution >= 4 is 5.69 Å². The van der Waals surface area contributed by atoms with Crippen molar-refractivity contribution in [1.82, 2.24) is 0 Å². The minimum atomic E-state index is 0.0262. The van der Waals surface area contributed by atoms with E-state index in [2.05, 4.69) is 11.4 Å². The van der Waals surface area contributed by atoms with Gasteiger partial charge in [-0.15, -0.1) is 0 Å². The fourth-order valence-electron chi connectivity index (χ4n) is 2.35. The number of hydrogen-bond acceptors (Lipinski definition) is 4. The maximum atomic E-state index is 9.45. The molecule has 0 aromatic heterocycles. The van der Waals surface area contributed by atoms with Gasteiger partial charge in [0.15, 0.2) is 0 Å². The van der Waals surface area contributed by atoms with Crippen LogP contribution in [-0.2, 0) is 0 Å². The van der Waals surface area contributed by atoms with Crippen LogP contribution in [0.2, 0.25) is 0 Å². The maximum absolute atomic E-state index is 9.45. The molecular weight excluding hydrogens is 252 g/mol. The number of nitrogens with zero attached hydrogens (tertiary/aromatic N) is 1. The highest BCUT2D eigenvalue weighted by molar-refractivity contribution is 5.58. The van der Waals surface area contributed by atoms with Crippen molar-refractivity contribution in [3.8, 4) is 17.6 Å². The molecule has 2 N–H and O–H groups in total. The Hall–Kier alpha value is -2.67. The van der Waals surface area contributed by atoms with Crippen molar-refractivity contribution in [2.45, 2.75) is 13.0 Å². The van der Waals surface area contributed by atoms with Gasteiger partial charge in [0.25, 0.3) is 0 Å². The second-order valence-corrected chi connectivity index (χ2v) is 4.87. The first-order valence-corrected chi connectivity index (χ1v) is 6.40. The lowest BCUT2D eigenvalue weighted by atomic mass is 10.1. The molecule has 0 aliphatic carbocycles. The number of ether oxygens (including phenoxy) is 1. The summed E-state index contributed by atoms with van der Waals surface area (Å²) >= 11 is 0. The van der Waals surface area contributed by atoms with E-state index in [1.807, 2.05) is 25.1 Å². The summed E-state index contributed by atoms with van der Waals surface area (Å²) in [6, 6.07) is 12.9. The number of aryl methyl sites for hydroxylation is 1. The zero-order valence-electron chi connectivity index (χ0n) is 11.1. The fraction of sp³-hybridized carbons (Fsp3) is 0.188. The maximum Gasteiger partial charge on any atom is 0.128 e. The Morgan fingerprint density at radius 3 is 2.95 bits per heavy atom. The van der Waals surface area contributed by atoms with E-state index in [0.29, 0.717) is 17.9 Å². The Labute approximate surface area is 117 Å². The number of nitrogens with one attached hydrogen (secondary N) is 1. The largest absolute Gasteiger partial charge is 0.508 e. The molecule has 1 atom stereocenters. The molecule has 0 radical (unpaired) electrons. The zero-order chi connectivity index (χ0) is 14.1. The van der Waals surface area contributed by atoms with Gasteiger partial charge in [-0.05, 0) is 36.8 Å². The number of phenolic OH excluding ortho intramolecular Hbond substituents is 1. The summed E-state index contributed by atoms with van der Waals surface area (Å²) in [5.41, 5.74) is 3.65. The summed E-state index contributed by atoms with van der Waals surface area (Å²) in [7, 11) is 0. The summed E-state index contributed by atoms with van der Waals surface area (Å²) in [6.45, 7) is 2.51. The molecule has 2 aromatic carbocycles. The van der Waals surface area contributed by atoms with E-state index in [-0.39, 0.29) is 11.8 Å². The lowest BCUT2D eigenvalue weighted by molar-refractivity contribution is 0.338. The third-order valence-corrected chi connectivity index (χ3v) is 3.47. The van der Waals surface area contributed by atoms with E-state index in [1.54, 1.807) is 18.2 Å². The highest BCUT2D eigenvalue weighted by atomic mass is 16.5. The summed E-state index contributed by atoms with van der Waals surface area (Å²) in [5.74, 6) is 0.906. The molecule has 20 heavy (non-hydrogen) atoms. The Bertz CT molecular complexity index is 704. The van der Waals surface area contributed by atoms with Crippen molar-refractivity contribution < 1.29 is 9.84 Å². The van der Waals surface area contributed by atoms with Crippen LogP contribution in [0.25, 0.3) is 0 Å². The molecule has 0 saturated carbocycles. The number of anilines is 1. The Morgan fingerprint density at radius 2 is 2.15 bits per heavy atom. The molecule has 3 rings (SSSR count). The number of benzene rings is 2. The van der Waals surface area contributed by atoms with Crippen LogP contribution in [0.15, 0.2) is 36.4 Å². The molecule has 0 amide bonds. The lowest BCUT2D eigenvalue weighted by Crippen LogP contribution is -2.12. The zero-order valence-corrected chi connectivity index (χ0v) is 11.1. The molecule has 0 fully saturated rings. The summed E-state index contributed by atoms with van der Waals surface area (Å²) < 4.78 is 5.57. The number of aromatic hydroxyl groups is 1. The molecule has 4 nitrogen and oxygen atoms in total. The second-order valence-electron chi connectivity index (χ2n) is 4.87. The van der Waals surface area contributed by atoms with Crippen molar-refractivity contribution in [1.29, 1.82) is 5.26 Å². The molecule has 2 aromatic rings. The van der Waals surface area contributed by atoms with Crippen molar-refractivity contribution in [3.05, 3.63) is 53.1 Å². The SMILES string of the molecule is Cc1ccc(C#N)cc1NC1COc2cc(O)ccc21. The highest BCUT2D eigenvalue weighted by Crippen LogP contribution is 2.37. The van der Waals surface area contributed by atoms with Crippen molar-refractivity contribution in [3.63, 3.8) is 0 Å². The van der Waals surface area contributed by atoms with Crippen LogP contribution in [0.5, 0.6) is 11.5 Å². The predicted molar refractivity (Wildman–Crippen MR) is 75.9 cm³/mol. The van der Waals surface area contributed by atoms with Gasteiger partial charge in [-0.2, -0.15) is 5.26 Å². The van der Waals surface area contributed by atoms with Gasteiger partial charge in [0.2, 0.25) is 0 Å². The van der Waals surface area contributed by atoms with Gasteiger partial charge in [0, 0.05) is 17.3 Å². The van der Waals surface area contributed by atoms with Crippen LogP contribution in [-0.4, -0.2) is 11.7 Å². The van der Waals surface area contributed by atoms with Gasteiger partial charge in [-0.25, -0.2) is 0 Å². The topological polar surface area (TPSA) is 65.3 Å². The van der Waals surface area contributed by atoms with E-state index in [0.717, 1.165) is 16.8 Å². The fourth-order valence-corrected chi connectivity index (χ4v) is 2.35. The smallest absolute Gasteiger partial charge is 0.128 e.